The van der Waals surface area contributed by atoms with Crippen molar-refractivity contribution in [3.8, 4) is 0 Å². The topological polar surface area (TPSA) is 41.1 Å². The maximum atomic E-state index is 12.3. The normalized spacial score (nSPS) is 23.7. The molecule has 0 aliphatic carbocycles. The molecule has 1 amide bonds. The molecular formula is C15H22N2O. The highest BCUT2D eigenvalue weighted by molar-refractivity contribution is 5.96. The van der Waals surface area contributed by atoms with E-state index in [1.165, 1.54) is 0 Å². The number of piperidine rings is 1. The molecular weight excluding hydrogens is 224 g/mol. The van der Waals surface area contributed by atoms with Crippen molar-refractivity contribution >= 4 is 11.6 Å². The van der Waals surface area contributed by atoms with Crippen LogP contribution in [0.5, 0.6) is 0 Å². The van der Waals surface area contributed by atoms with Gasteiger partial charge in [0.1, 0.15) is 0 Å². The van der Waals surface area contributed by atoms with Crippen LogP contribution in [0.2, 0.25) is 0 Å². The Labute approximate surface area is 109 Å². The summed E-state index contributed by atoms with van der Waals surface area (Å²) >= 11 is 0. The van der Waals surface area contributed by atoms with Crippen LogP contribution in [0.15, 0.2) is 18.2 Å². The van der Waals surface area contributed by atoms with E-state index in [-0.39, 0.29) is 11.9 Å². The van der Waals surface area contributed by atoms with Crippen LogP contribution in [0, 0.1) is 19.8 Å². The van der Waals surface area contributed by atoms with Gasteiger partial charge in [-0.15, -0.1) is 0 Å². The number of rotatable bonds is 2. The highest BCUT2D eigenvalue weighted by atomic mass is 16.2. The summed E-state index contributed by atoms with van der Waals surface area (Å²) in [7, 11) is 0. The number of nitrogens with one attached hydrogen (secondary N) is 2. The van der Waals surface area contributed by atoms with Gasteiger partial charge in [0.05, 0.1) is 6.04 Å². The minimum atomic E-state index is -0.0576. The largest absolute Gasteiger partial charge is 0.324 e. The van der Waals surface area contributed by atoms with E-state index in [1.807, 2.05) is 32.0 Å². The van der Waals surface area contributed by atoms with Crippen LogP contribution in [0.4, 0.5) is 5.69 Å². The average Bonchev–Trinajstić information content (AvgIpc) is 2.34. The van der Waals surface area contributed by atoms with Crippen molar-refractivity contribution in [2.75, 3.05) is 11.9 Å². The molecule has 2 N–H and O–H groups in total. The Bertz CT molecular complexity index is 422. The number of benzene rings is 1. The third-order valence-corrected chi connectivity index (χ3v) is 3.78. The van der Waals surface area contributed by atoms with E-state index in [2.05, 4.69) is 17.6 Å². The number of anilines is 1. The quantitative estimate of drug-likeness (QED) is 0.842. The molecule has 2 rings (SSSR count). The number of amides is 1. The second-order valence-corrected chi connectivity index (χ2v) is 5.31. The molecule has 1 aliphatic rings. The monoisotopic (exact) mass is 246 g/mol. The van der Waals surface area contributed by atoms with E-state index in [9.17, 15) is 4.79 Å². The summed E-state index contributed by atoms with van der Waals surface area (Å²) in [6, 6.07) is 6.01. The fraction of sp³-hybridized carbons (Fsp3) is 0.533. The van der Waals surface area contributed by atoms with Gasteiger partial charge in [0.15, 0.2) is 0 Å². The van der Waals surface area contributed by atoms with Gasteiger partial charge in [-0.05, 0) is 50.3 Å². The molecule has 2 unspecified atom stereocenters. The maximum absolute atomic E-state index is 12.3. The lowest BCUT2D eigenvalue weighted by Crippen LogP contribution is -2.48. The predicted molar refractivity (Wildman–Crippen MR) is 74.7 cm³/mol. The van der Waals surface area contributed by atoms with Gasteiger partial charge in [-0.2, -0.15) is 0 Å². The van der Waals surface area contributed by atoms with Crippen LogP contribution in [0.25, 0.3) is 0 Å². The Morgan fingerprint density at radius 1 is 1.33 bits per heavy atom. The van der Waals surface area contributed by atoms with Gasteiger partial charge in [-0.3, -0.25) is 4.79 Å². The third kappa shape index (κ3) is 2.72. The molecule has 1 saturated heterocycles. The molecule has 1 aromatic rings. The highest BCUT2D eigenvalue weighted by Gasteiger charge is 2.27. The maximum Gasteiger partial charge on any atom is 0.241 e. The smallest absolute Gasteiger partial charge is 0.241 e. The molecule has 3 nitrogen and oxygen atoms in total. The van der Waals surface area contributed by atoms with Crippen LogP contribution in [-0.4, -0.2) is 18.5 Å². The van der Waals surface area contributed by atoms with Crippen LogP contribution < -0.4 is 10.6 Å². The molecule has 18 heavy (non-hydrogen) atoms. The molecule has 0 bridgehead atoms. The van der Waals surface area contributed by atoms with Gasteiger partial charge in [-0.1, -0.05) is 25.1 Å². The average molecular weight is 246 g/mol. The molecule has 1 aliphatic heterocycles. The zero-order chi connectivity index (χ0) is 13.1. The summed E-state index contributed by atoms with van der Waals surface area (Å²) in [6.07, 6.45) is 2.28. The standard InChI is InChI=1S/C15H22N2O/c1-10-6-4-7-11(2)13(10)17-15(18)14-12(3)8-5-9-16-14/h4,6-7,12,14,16H,5,8-9H2,1-3H3,(H,17,18). The van der Waals surface area contributed by atoms with Crippen molar-refractivity contribution in [3.05, 3.63) is 29.3 Å². The predicted octanol–water partition coefficient (Wildman–Crippen LogP) is 2.63. The Morgan fingerprint density at radius 3 is 2.61 bits per heavy atom. The summed E-state index contributed by atoms with van der Waals surface area (Å²) in [5.74, 6) is 0.502. The Kier molecular flexibility index (Phi) is 4.02. The zero-order valence-corrected chi connectivity index (χ0v) is 11.4. The third-order valence-electron chi connectivity index (χ3n) is 3.78. The van der Waals surface area contributed by atoms with E-state index in [0.717, 1.165) is 36.2 Å². The van der Waals surface area contributed by atoms with E-state index < -0.39 is 0 Å². The molecule has 2 atom stereocenters. The van der Waals surface area contributed by atoms with Gasteiger partial charge >= 0.3 is 0 Å². The van der Waals surface area contributed by atoms with Gasteiger partial charge in [-0.25, -0.2) is 0 Å². The van der Waals surface area contributed by atoms with Crippen molar-refractivity contribution in [2.45, 2.75) is 39.7 Å². The van der Waals surface area contributed by atoms with Crippen LogP contribution in [0.1, 0.15) is 30.9 Å². The molecule has 0 aromatic heterocycles. The fourth-order valence-electron chi connectivity index (χ4n) is 2.61. The first-order valence-corrected chi connectivity index (χ1v) is 6.70. The lowest BCUT2D eigenvalue weighted by Gasteiger charge is -2.29. The van der Waals surface area contributed by atoms with Gasteiger partial charge < -0.3 is 10.6 Å². The first kappa shape index (κ1) is 13.1. The minimum absolute atomic E-state index is 0.0576. The first-order valence-electron chi connectivity index (χ1n) is 6.70. The van der Waals surface area contributed by atoms with E-state index in [0.29, 0.717) is 5.92 Å². The van der Waals surface area contributed by atoms with Gasteiger partial charge in [0.25, 0.3) is 0 Å². The Balaban J connectivity index is 2.11. The molecule has 1 aromatic carbocycles. The molecule has 0 spiro atoms. The first-order chi connectivity index (χ1) is 8.59. The molecule has 98 valence electrons. The second-order valence-electron chi connectivity index (χ2n) is 5.31. The van der Waals surface area contributed by atoms with E-state index in [4.69, 9.17) is 0 Å². The number of hydrogen-bond donors (Lipinski definition) is 2. The second kappa shape index (κ2) is 5.53. The number of carbonyl (C=O) groups is 1. The minimum Gasteiger partial charge on any atom is -0.324 e. The van der Waals surface area contributed by atoms with Crippen molar-refractivity contribution < 1.29 is 4.79 Å². The Hall–Kier alpha value is -1.35. The van der Waals surface area contributed by atoms with Crippen molar-refractivity contribution in [2.24, 2.45) is 5.92 Å². The van der Waals surface area contributed by atoms with Crippen molar-refractivity contribution in [1.82, 2.24) is 5.32 Å². The molecule has 3 heteroatoms. The van der Waals surface area contributed by atoms with Crippen LogP contribution in [-0.2, 0) is 4.79 Å². The lowest BCUT2D eigenvalue weighted by molar-refractivity contribution is -0.119. The molecule has 0 radical (unpaired) electrons. The van der Waals surface area contributed by atoms with Gasteiger partial charge in [0.2, 0.25) is 5.91 Å². The molecule has 1 fully saturated rings. The Morgan fingerprint density at radius 2 is 2.00 bits per heavy atom. The summed E-state index contributed by atoms with van der Waals surface area (Å²) in [4.78, 5) is 12.3. The molecule has 1 heterocycles. The SMILES string of the molecule is Cc1cccc(C)c1NC(=O)C1NCCCC1C. The van der Waals surface area contributed by atoms with Crippen LogP contribution >= 0.6 is 0 Å². The number of aryl methyl sites for hydroxylation is 2. The van der Waals surface area contributed by atoms with Gasteiger partial charge in [0, 0.05) is 5.69 Å². The van der Waals surface area contributed by atoms with Crippen LogP contribution in [0.3, 0.4) is 0 Å². The summed E-state index contributed by atoms with van der Waals surface area (Å²) in [5.41, 5.74) is 3.20. The molecule has 0 saturated carbocycles. The van der Waals surface area contributed by atoms with Crippen molar-refractivity contribution in [1.29, 1.82) is 0 Å². The summed E-state index contributed by atoms with van der Waals surface area (Å²) < 4.78 is 0. The fourth-order valence-corrected chi connectivity index (χ4v) is 2.61. The number of hydrogen-bond acceptors (Lipinski definition) is 2. The lowest BCUT2D eigenvalue weighted by atomic mass is 9.92. The number of para-hydroxylation sites is 1. The summed E-state index contributed by atoms with van der Waals surface area (Å²) in [6.45, 7) is 7.14. The van der Waals surface area contributed by atoms with E-state index >= 15 is 0 Å². The zero-order valence-electron chi connectivity index (χ0n) is 11.4. The van der Waals surface area contributed by atoms with E-state index in [1.54, 1.807) is 0 Å². The summed E-state index contributed by atoms with van der Waals surface area (Å²) in [5, 5.41) is 6.39. The highest BCUT2D eigenvalue weighted by Crippen LogP contribution is 2.22. The van der Waals surface area contributed by atoms with Crippen molar-refractivity contribution in [3.63, 3.8) is 0 Å². The number of carbonyl (C=O) groups excluding carboxylic acids is 1.